The van der Waals surface area contributed by atoms with Crippen molar-refractivity contribution in [3.63, 3.8) is 0 Å². The molecule has 0 aliphatic carbocycles. The lowest BCUT2D eigenvalue weighted by Crippen LogP contribution is -2.53. The van der Waals surface area contributed by atoms with Crippen molar-refractivity contribution < 1.29 is 34.1 Å². The molecule has 0 aliphatic rings. The molecule has 1 aromatic heterocycles. The summed E-state index contributed by atoms with van der Waals surface area (Å²) in [7, 11) is 0. The smallest absolute Gasteiger partial charge is 0.290 e. The molecule has 2 aromatic carbocycles. The summed E-state index contributed by atoms with van der Waals surface area (Å²) in [6, 6.07) is 15.0. The number of ether oxygens (including phenoxy) is 1. The monoisotopic (exact) mass is 497 g/mol. The highest BCUT2D eigenvalue weighted by Crippen LogP contribution is 2.34. The van der Waals surface area contributed by atoms with E-state index in [1.54, 1.807) is 74.9 Å². The maximum atomic E-state index is 13.4. The second-order valence-electron chi connectivity index (χ2n) is 8.50. The van der Waals surface area contributed by atoms with E-state index in [4.69, 9.17) is 19.1 Å². The number of aliphatic hydroxyl groups is 2. The molecule has 8 heteroatoms. The molecule has 194 valence electrons. The lowest BCUT2D eigenvalue weighted by atomic mass is 10.0. The fourth-order valence-electron chi connectivity index (χ4n) is 3.82. The van der Waals surface area contributed by atoms with Crippen LogP contribution in [0, 0.1) is 0 Å². The Morgan fingerprint density at radius 1 is 1.03 bits per heavy atom. The van der Waals surface area contributed by atoms with Gasteiger partial charge >= 0.3 is 0 Å². The highest BCUT2D eigenvalue weighted by Gasteiger charge is 2.42. The van der Waals surface area contributed by atoms with Gasteiger partial charge in [0.25, 0.3) is 18.3 Å². The normalized spacial score (nSPS) is 10.9. The van der Waals surface area contributed by atoms with Gasteiger partial charge in [0, 0.05) is 17.2 Å². The number of rotatable bonds is 11. The van der Waals surface area contributed by atoms with E-state index >= 15 is 0 Å². The molecule has 1 amide bonds. The number of para-hydroxylation sites is 1. The van der Waals surface area contributed by atoms with Gasteiger partial charge in [-0.05, 0) is 56.2 Å². The molecule has 0 fully saturated rings. The predicted octanol–water partition coefficient (Wildman–Crippen LogP) is 5.25. The predicted molar refractivity (Wildman–Crippen MR) is 136 cm³/mol. The summed E-state index contributed by atoms with van der Waals surface area (Å²) in [5, 5.41) is 29.4. The van der Waals surface area contributed by atoms with Gasteiger partial charge in [0.15, 0.2) is 0 Å². The zero-order valence-electron chi connectivity index (χ0n) is 21.0. The fraction of sp³-hybridized carbons (Fsp3) is 0.357. The molecule has 36 heavy (non-hydrogen) atoms. The molecule has 0 aliphatic heterocycles. The quantitative estimate of drug-likeness (QED) is 0.188. The van der Waals surface area contributed by atoms with Gasteiger partial charge in [-0.15, -0.1) is 0 Å². The topological polar surface area (TPSA) is 120 Å². The largest absolute Gasteiger partial charge is 0.493 e. The number of furan rings is 1. The second kappa shape index (κ2) is 14.1. The van der Waals surface area contributed by atoms with Gasteiger partial charge in [0.2, 0.25) is 0 Å². The van der Waals surface area contributed by atoms with E-state index in [0.717, 1.165) is 41.7 Å². The first-order valence-corrected chi connectivity index (χ1v) is 12.0. The highest BCUT2D eigenvalue weighted by atomic mass is 16.5. The number of benzene rings is 2. The first-order valence-electron chi connectivity index (χ1n) is 12.0. The Kier molecular flexibility index (Phi) is 11.2. The van der Waals surface area contributed by atoms with Crippen LogP contribution in [0.4, 0.5) is 0 Å². The molecular formula is C28H35NO7. The molecule has 0 spiro atoms. The van der Waals surface area contributed by atoms with E-state index < -0.39 is 17.9 Å². The lowest BCUT2D eigenvalue weighted by Gasteiger charge is -2.39. The minimum absolute atomic E-state index is 0.137. The van der Waals surface area contributed by atoms with Gasteiger partial charge in [-0.2, -0.15) is 0 Å². The van der Waals surface area contributed by atoms with Crippen LogP contribution in [0.2, 0.25) is 0 Å². The number of carbonyl (C=O) groups excluding carboxylic acids is 1. The van der Waals surface area contributed by atoms with Crippen molar-refractivity contribution in [2.24, 2.45) is 0 Å². The van der Waals surface area contributed by atoms with E-state index in [9.17, 15) is 15.0 Å². The molecule has 1 heterocycles. The van der Waals surface area contributed by atoms with E-state index in [-0.39, 0.29) is 12.0 Å². The third kappa shape index (κ3) is 7.44. The number of carboxylic acid groups (broad SMARTS) is 1. The molecule has 0 unspecified atom stereocenters. The average molecular weight is 498 g/mol. The maximum Gasteiger partial charge on any atom is 0.290 e. The van der Waals surface area contributed by atoms with Crippen LogP contribution in [0.5, 0.6) is 5.75 Å². The summed E-state index contributed by atoms with van der Waals surface area (Å²) < 4.78 is 11.0. The highest BCUT2D eigenvalue weighted by molar-refractivity contribution is 5.95. The van der Waals surface area contributed by atoms with Crippen LogP contribution in [0.25, 0.3) is 11.1 Å². The zero-order valence-corrected chi connectivity index (χ0v) is 21.0. The molecule has 0 radical (unpaired) electrons. The van der Waals surface area contributed by atoms with Crippen molar-refractivity contribution in [3.8, 4) is 16.9 Å². The number of amides is 1. The third-order valence-electron chi connectivity index (χ3n) is 5.56. The number of hydrogen-bond donors (Lipinski definition) is 3. The van der Waals surface area contributed by atoms with E-state index in [1.807, 2.05) is 6.07 Å². The van der Waals surface area contributed by atoms with Crippen molar-refractivity contribution >= 4 is 12.4 Å². The molecule has 3 N–H and O–H groups in total. The summed E-state index contributed by atoms with van der Waals surface area (Å²) in [5.74, 6) is -2.69. The summed E-state index contributed by atoms with van der Waals surface area (Å²) in [5.41, 5.74) is 2.29. The summed E-state index contributed by atoms with van der Waals surface area (Å²) >= 11 is 0. The van der Waals surface area contributed by atoms with Gasteiger partial charge in [-0.1, -0.05) is 50.5 Å². The number of unbranched alkanes of at least 4 members (excludes halogenated alkanes) is 3. The Balaban J connectivity index is 0.00000145. The Bertz CT molecular complexity index is 1060. The Morgan fingerprint density at radius 2 is 1.69 bits per heavy atom. The third-order valence-corrected chi connectivity index (χ3v) is 5.56. The molecular weight excluding hydrogens is 462 g/mol. The maximum absolute atomic E-state index is 13.4. The van der Waals surface area contributed by atoms with Crippen LogP contribution < -0.4 is 4.74 Å². The van der Waals surface area contributed by atoms with Crippen LogP contribution in [0.15, 0.2) is 71.5 Å². The van der Waals surface area contributed by atoms with Crippen molar-refractivity contribution in [1.29, 1.82) is 0 Å². The van der Waals surface area contributed by atoms with Crippen LogP contribution in [0.1, 0.15) is 62.4 Å². The first kappa shape index (κ1) is 28.6. The van der Waals surface area contributed by atoms with E-state index in [2.05, 4.69) is 6.92 Å². The minimum atomic E-state index is -2.55. The van der Waals surface area contributed by atoms with Crippen molar-refractivity contribution in [3.05, 3.63) is 78.3 Å². The SMILES string of the molecule is CCCCCCOc1ccccc1C(O)(O)N(C(=O)c1ccc(-c2ccoc2)cc1)C(C)C.O=CO. The Morgan fingerprint density at radius 3 is 2.28 bits per heavy atom. The number of nitrogens with zero attached hydrogens (tertiary/aromatic N) is 1. The minimum Gasteiger partial charge on any atom is -0.493 e. The van der Waals surface area contributed by atoms with Gasteiger partial charge < -0.3 is 24.5 Å². The molecule has 3 aromatic rings. The summed E-state index contributed by atoms with van der Waals surface area (Å²) in [6.45, 7) is 5.85. The van der Waals surface area contributed by atoms with Gasteiger partial charge in [0.05, 0.1) is 24.7 Å². The second-order valence-corrected chi connectivity index (χ2v) is 8.50. The van der Waals surface area contributed by atoms with Crippen LogP contribution in [0.3, 0.4) is 0 Å². The molecule has 8 nitrogen and oxygen atoms in total. The van der Waals surface area contributed by atoms with Gasteiger partial charge in [-0.3, -0.25) is 14.5 Å². The first-order chi connectivity index (χ1) is 17.3. The van der Waals surface area contributed by atoms with Gasteiger partial charge in [0.1, 0.15) is 5.75 Å². The van der Waals surface area contributed by atoms with Crippen LogP contribution >= 0.6 is 0 Å². The zero-order chi connectivity index (χ0) is 26.6. The number of hydrogen-bond acceptors (Lipinski definition) is 6. The van der Waals surface area contributed by atoms with Crippen molar-refractivity contribution in [2.75, 3.05) is 6.61 Å². The number of carbonyl (C=O) groups is 2. The Hall–Kier alpha value is -3.62. The fourth-order valence-corrected chi connectivity index (χ4v) is 3.82. The van der Waals surface area contributed by atoms with Crippen LogP contribution in [-0.2, 0) is 10.7 Å². The van der Waals surface area contributed by atoms with E-state index in [1.165, 1.54) is 0 Å². The van der Waals surface area contributed by atoms with E-state index in [0.29, 0.717) is 17.9 Å². The molecule has 0 atom stereocenters. The molecule has 0 saturated heterocycles. The lowest BCUT2D eigenvalue weighted by molar-refractivity contribution is -0.264. The summed E-state index contributed by atoms with van der Waals surface area (Å²) in [4.78, 5) is 22.8. The van der Waals surface area contributed by atoms with Gasteiger partial charge in [-0.25, -0.2) is 0 Å². The Labute approximate surface area is 211 Å². The molecule has 0 bridgehead atoms. The van der Waals surface area contributed by atoms with Crippen molar-refractivity contribution in [1.82, 2.24) is 4.90 Å². The summed E-state index contributed by atoms with van der Waals surface area (Å²) in [6.07, 6.45) is 7.40. The average Bonchev–Trinajstić information content (AvgIpc) is 3.39. The molecule has 3 rings (SSSR count). The molecule has 0 saturated carbocycles. The van der Waals surface area contributed by atoms with Crippen LogP contribution in [-0.4, -0.2) is 45.2 Å². The van der Waals surface area contributed by atoms with Crippen molar-refractivity contribution in [2.45, 2.75) is 58.4 Å². The standard InChI is InChI=1S/C27H33NO5.CH2O2/c1-4-5-6-9-17-33-25-11-8-7-10-24(25)27(30,31)28(20(2)3)26(29)22-14-12-21(13-15-22)23-16-18-32-19-23;2-1-3/h7-8,10-16,18-20,30-31H,4-6,9,17H2,1-3H3;1H,(H,2,3).